The Bertz CT molecular complexity index is 792. The fourth-order valence-corrected chi connectivity index (χ4v) is 2.26. The van der Waals surface area contributed by atoms with Gasteiger partial charge in [0.05, 0.1) is 11.2 Å². The van der Waals surface area contributed by atoms with E-state index in [1.54, 1.807) is 36.5 Å². The molecule has 3 rings (SSSR count). The molecule has 1 heterocycles. The summed E-state index contributed by atoms with van der Waals surface area (Å²) in [4.78, 5) is 4.20. The first-order chi connectivity index (χ1) is 9.65. The Balaban J connectivity index is 2.07. The van der Waals surface area contributed by atoms with Crippen LogP contribution >= 0.6 is 15.9 Å². The fourth-order valence-electron chi connectivity index (χ4n) is 1.92. The molecule has 2 N–H and O–H groups in total. The van der Waals surface area contributed by atoms with Crippen LogP contribution in [0.15, 0.2) is 53.1 Å². The van der Waals surface area contributed by atoms with Gasteiger partial charge in [0.1, 0.15) is 0 Å². The Hall–Kier alpha value is -2.14. The number of halogens is 2. The number of rotatable bonds is 2. The number of hydrogen-bond acceptors (Lipinski definition) is 3. The highest BCUT2D eigenvalue weighted by Crippen LogP contribution is 2.34. The lowest BCUT2D eigenvalue weighted by molar-refractivity contribution is 0.444. The van der Waals surface area contributed by atoms with Gasteiger partial charge in [-0.1, -0.05) is 15.9 Å². The molecule has 0 saturated carbocycles. The molecule has 2 aromatic carbocycles. The van der Waals surface area contributed by atoms with Crippen molar-refractivity contribution in [3.63, 3.8) is 0 Å². The number of nitrogens with two attached hydrogens (primary N) is 1. The molecule has 3 aromatic rings. The second-order valence-electron chi connectivity index (χ2n) is 4.22. The van der Waals surface area contributed by atoms with Crippen molar-refractivity contribution < 1.29 is 9.13 Å². The van der Waals surface area contributed by atoms with Gasteiger partial charge in [0.15, 0.2) is 17.3 Å². The van der Waals surface area contributed by atoms with Crippen molar-refractivity contribution in [2.75, 3.05) is 5.73 Å². The number of ether oxygens (including phenoxy) is 1. The molecule has 0 atom stereocenters. The van der Waals surface area contributed by atoms with E-state index in [2.05, 4.69) is 20.9 Å². The minimum Gasteiger partial charge on any atom is -0.452 e. The van der Waals surface area contributed by atoms with E-state index >= 15 is 0 Å². The molecular weight excluding hydrogens is 323 g/mol. The first-order valence-corrected chi connectivity index (χ1v) is 6.70. The van der Waals surface area contributed by atoms with Crippen LogP contribution in [-0.2, 0) is 0 Å². The fraction of sp³-hybridized carbons (Fsp3) is 0. The average Bonchev–Trinajstić information content (AvgIpc) is 2.46. The maximum atomic E-state index is 13.7. The SMILES string of the molecule is Nc1c(Oc2cc(Br)ccc2F)ccc2ncccc12. The number of anilines is 1. The van der Waals surface area contributed by atoms with Crippen LogP contribution in [0.2, 0.25) is 0 Å². The smallest absolute Gasteiger partial charge is 0.165 e. The van der Waals surface area contributed by atoms with E-state index in [9.17, 15) is 4.39 Å². The summed E-state index contributed by atoms with van der Waals surface area (Å²) >= 11 is 3.28. The Morgan fingerprint density at radius 3 is 2.80 bits per heavy atom. The number of hydrogen-bond donors (Lipinski definition) is 1. The van der Waals surface area contributed by atoms with E-state index in [1.807, 2.05) is 6.07 Å². The summed E-state index contributed by atoms with van der Waals surface area (Å²) in [7, 11) is 0. The number of nitrogens with zero attached hydrogens (tertiary/aromatic N) is 1. The Labute approximate surface area is 123 Å². The first kappa shape index (κ1) is 12.9. The summed E-state index contributed by atoms with van der Waals surface area (Å²) in [5.74, 6) is 0.0794. The predicted octanol–water partition coefficient (Wildman–Crippen LogP) is 4.51. The van der Waals surface area contributed by atoms with Gasteiger partial charge < -0.3 is 10.5 Å². The molecule has 0 radical (unpaired) electrons. The standard InChI is InChI=1S/C15H10BrFN2O/c16-9-3-4-11(17)14(8-9)20-13-6-5-12-10(15(13)18)2-1-7-19-12/h1-8H,18H2. The van der Waals surface area contributed by atoms with E-state index in [4.69, 9.17) is 10.5 Å². The minimum atomic E-state index is -0.445. The topological polar surface area (TPSA) is 48.1 Å². The number of benzene rings is 2. The lowest BCUT2D eigenvalue weighted by Crippen LogP contribution is -1.95. The maximum absolute atomic E-state index is 13.7. The molecule has 3 nitrogen and oxygen atoms in total. The highest BCUT2D eigenvalue weighted by Gasteiger charge is 2.10. The first-order valence-electron chi connectivity index (χ1n) is 5.91. The Morgan fingerprint density at radius 1 is 1.10 bits per heavy atom. The van der Waals surface area contributed by atoms with Crippen molar-refractivity contribution >= 4 is 32.5 Å². The van der Waals surface area contributed by atoms with E-state index in [0.29, 0.717) is 11.4 Å². The van der Waals surface area contributed by atoms with Crippen molar-refractivity contribution in [1.82, 2.24) is 4.98 Å². The summed E-state index contributed by atoms with van der Waals surface area (Å²) in [5.41, 5.74) is 7.27. The Morgan fingerprint density at radius 2 is 1.95 bits per heavy atom. The largest absolute Gasteiger partial charge is 0.452 e. The highest BCUT2D eigenvalue weighted by molar-refractivity contribution is 9.10. The third kappa shape index (κ3) is 2.32. The number of fused-ring (bicyclic) bond motifs is 1. The quantitative estimate of drug-likeness (QED) is 0.702. The number of pyridine rings is 1. The van der Waals surface area contributed by atoms with Crippen LogP contribution in [-0.4, -0.2) is 4.98 Å². The van der Waals surface area contributed by atoms with Crippen LogP contribution in [0.4, 0.5) is 10.1 Å². The molecule has 0 unspecified atom stereocenters. The molecular formula is C15H10BrFN2O. The van der Waals surface area contributed by atoms with Crippen molar-refractivity contribution in [2.24, 2.45) is 0 Å². The van der Waals surface area contributed by atoms with Crippen molar-refractivity contribution in [2.45, 2.75) is 0 Å². The van der Waals surface area contributed by atoms with Gasteiger partial charge in [-0.25, -0.2) is 4.39 Å². The zero-order valence-corrected chi connectivity index (χ0v) is 11.9. The predicted molar refractivity (Wildman–Crippen MR) is 80.3 cm³/mol. The van der Waals surface area contributed by atoms with Gasteiger partial charge in [0, 0.05) is 16.1 Å². The summed E-state index contributed by atoms with van der Waals surface area (Å²) < 4.78 is 20.0. The van der Waals surface area contributed by atoms with E-state index < -0.39 is 5.82 Å². The van der Waals surface area contributed by atoms with E-state index in [1.165, 1.54) is 6.07 Å². The van der Waals surface area contributed by atoms with Crippen LogP contribution in [0.5, 0.6) is 11.5 Å². The van der Waals surface area contributed by atoms with Gasteiger partial charge in [0.2, 0.25) is 0 Å². The lowest BCUT2D eigenvalue weighted by Gasteiger charge is -2.11. The van der Waals surface area contributed by atoms with Gasteiger partial charge in [-0.05, 0) is 42.5 Å². The van der Waals surface area contributed by atoms with Crippen LogP contribution in [0.3, 0.4) is 0 Å². The van der Waals surface area contributed by atoms with Gasteiger partial charge in [-0.3, -0.25) is 4.98 Å². The molecule has 0 bridgehead atoms. The average molecular weight is 333 g/mol. The minimum absolute atomic E-state index is 0.120. The monoisotopic (exact) mass is 332 g/mol. The molecule has 100 valence electrons. The Kier molecular flexibility index (Phi) is 3.28. The third-order valence-corrected chi connectivity index (χ3v) is 3.39. The van der Waals surface area contributed by atoms with E-state index in [-0.39, 0.29) is 5.75 Å². The molecule has 0 amide bonds. The van der Waals surface area contributed by atoms with Crippen LogP contribution in [0.1, 0.15) is 0 Å². The second-order valence-corrected chi connectivity index (χ2v) is 5.14. The van der Waals surface area contributed by atoms with Crippen LogP contribution in [0, 0.1) is 5.82 Å². The van der Waals surface area contributed by atoms with Crippen LogP contribution < -0.4 is 10.5 Å². The zero-order valence-electron chi connectivity index (χ0n) is 10.3. The van der Waals surface area contributed by atoms with E-state index in [0.717, 1.165) is 15.4 Å². The van der Waals surface area contributed by atoms with Crippen molar-refractivity contribution in [3.8, 4) is 11.5 Å². The maximum Gasteiger partial charge on any atom is 0.165 e. The molecule has 0 spiro atoms. The molecule has 1 aromatic heterocycles. The highest BCUT2D eigenvalue weighted by atomic mass is 79.9. The summed E-state index contributed by atoms with van der Waals surface area (Å²) in [6, 6.07) is 11.6. The molecule has 0 fully saturated rings. The zero-order chi connectivity index (χ0) is 14.1. The third-order valence-electron chi connectivity index (χ3n) is 2.90. The molecule has 0 aliphatic carbocycles. The van der Waals surface area contributed by atoms with Crippen molar-refractivity contribution in [3.05, 3.63) is 59.0 Å². The lowest BCUT2D eigenvalue weighted by atomic mass is 10.1. The summed E-state index contributed by atoms with van der Waals surface area (Å²) in [6.07, 6.45) is 1.69. The van der Waals surface area contributed by atoms with Crippen molar-refractivity contribution in [1.29, 1.82) is 0 Å². The number of aromatic nitrogens is 1. The molecule has 0 aliphatic rings. The number of nitrogen functional groups attached to an aromatic ring is 1. The van der Waals surface area contributed by atoms with Gasteiger partial charge in [0.25, 0.3) is 0 Å². The van der Waals surface area contributed by atoms with Gasteiger partial charge in [-0.15, -0.1) is 0 Å². The van der Waals surface area contributed by atoms with Gasteiger partial charge >= 0.3 is 0 Å². The normalized spacial score (nSPS) is 10.7. The summed E-state index contributed by atoms with van der Waals surface area (Å²) in [5, 5.41) is 0.778. The molecule has 20 heavy (non-hydrogen) atoms. The second kappa shape index (κ2) is 5.09. The summed E-state index contributed by atoms with van der Waals surface area (Å²) in [6.45, 7) is 0. The van der Waals surface area contributed by atoms with Gasteiger partial charge in [-0.2, -0.15) is 0 Å². The molecule has 5 heteroatoms. The molecule has 0 aliphatic heterocycles. The van der Waals surface area contributed by atoms with Crippen LogP contribution in [0.25, 0.3) is 10.9 Å². The molecule has 0 saturated heterocycles.